The number of nitrogens with zero attached hydrogens (tertiary/aromatic N) is 1. The van der Waals surface area contributed by atoms with Gasteiger partial charge in [-0.1, -0.05) is 0 Å². The highest BCUT2D eigenvalue weighted by Gasteiger charge is 2.05. The van der Waals surface area contributed by atoms with Crippen LogP contribution in [-0.4, -0.2) is 60.9 Å². The van der Waals surface area contributed by atoms with Crippen molar-refractivity contribution in [2.45, 2.75) is 12.8 Å². The Morgan fingerprint density at radius 2 is 1.86 bits per heavy atom. The van der Waals surface area contributed by atoms with Crippen LogP contribution in [0, 0.1) is 10.1 Å². The summed E-state index contributed by atoms with van der Waals surface area (Å²) in [6, 6.07) is 0. The lowest BCUT2D eigenvalue weighted by molar-refractivity contribution is -0.757. The van der Waals surface area contributed by atoms with E-state index in [1.165, 1.54) is 0 Å². The molecule has 120 valence electrons. The van der Waals surface area contributed by atoms with Gasteiger partial charge >= 0.3 is 5.97 Å². The molecular weight excluding hydrogens is 290 g/mol. The maximum atomic E-state index is 11.2. The SMILES string of the molecule is O=C(O)CNC(=O)CCNC(=O)COCCCO[N+](=O)[O-]. The number of amides is 2. The van der Waals surface area contributed by atoms with Crippen molar-refractivity contribution in [1.82, 2.24) is 10.6 Å². The van der Waals surface area contributed by atoms with Crippen LogP contribution in [0.15, 0.2) is 0 Å². The Hall–Kier alpha value is -2.43. The molecule has 0 aliphatic carbocycles. The zero-order valence-corrected chi connectivity index (χ0v) is 11.2. The first kappa shape index (κ1) is 18.6. The first-order chi connectivity index (χ1) is 9.91. The van der Waals surface area contributed by atoms with Gasteiger partial charge in [0.05, 0.1) is 6.61 Å². The molecule has 0 aliphatic heterocycles. The zero-order valence-electron chi connectivity index (χ0n) is 11.2. The predicted octanol–water partition coefficient (Wildman–Crippen LogP) is -1.69. The molecule has 0 fully saturated rings. The van der Waals surface area contributed by atoms with Gasteiger partial charge in [-0.15, -0.1) is 10.1 Å². The second-order valence-corrected chi connectivity index (χ2v) is 3.73. The smallest absolute Gasteiger partial charge is 0.322 e. The van der Waals surface area contributed by atoms with Gasteiger partial charge in [-0.05, 0) is 6.42 Å². The summed E-state index contributed by atoms with van der Waals surface area (Å²) in [5.41, 5.74) is 0. The number of nitrogens with one attached hydrogen (secondary N) is 2. The minimum atomic E-state index is -1.15. The topological polar surface area (TPSA) is 157 Å². The molecule has 0 aromatic carbocycles. The van der Waals surface area contributed by atoms with Crippen molar-refractivity contribution < 1.29 is 34.2 Å². The zero-order chi connectivity index (χ0) is 16.1. The molecule has 0 aromatic heterocycles. The van der Waals surface area contributed by atoms with Gasteiger partial charge in [0.2, 0.25) is 11.8 Å². The van der Waals surface area contributed by atoms with E-state index in [-0.39, 0.29) is 39.2 Å². The summed E-state index contributed by atoms with van der Waals surface area (Å²) in [7, 11) is 0. The fourth-order valence-corrected chi connectivity index (χ4v) is 1.09. The maximum Gasteiger partial charge on any atom is 0.322 e. The lowest BCUT2D eigenvalue weighted by atomic mass is 10.4. The van der Waals surface area contributed by atoms with Gasteiger partial charge in [-0.2, -0.15) is 0 Å². The van der Waals surface area contributed by atoms with Crippen LogP contribution >= 0.6 is 0 Å². The summed E-state index contributed by atoms with van der Waals surface area (Å²) in [6.45, 7) is -0.645. The Morgan fingerprint density at radius 1 is 1.14 bits per heavy atom. The Balaban J connectivity index is 3.44. The normalized spacial score (nSPS) is 9.71. The van der Waals surface area contributed by atoms with Crippen molar-refractivity contribution in [3.05, 3.63) is 10.1 Å². The number of rotatable bonds is 12. The highest BCUT2D eigenvalue weighted by molar-refractivity contribution is 5.82. The fourth-order valence-electron chi connectivity index (χ4n) is 1.09. The molecule has 2 amide bonds. The summed E-state index contributed by atoms with van der Waals surface area (Å²) in [4.78, 5) is 46.3. The molecule has 11 heteroatoms. The van der Waals surface area contributed by atoms with E-state index >= 15 is 0 Å². The molecule has 0 aliphatic rings. The van der Waals surface area contributed by atoms with E-state index in [1.54, 1.807) is 0 Å². The van der Waals surface area contributed by atoms with Crippen LogP contribution in [0.5, 0.6) is 0 Å². The molecule has 0 bridgehead atoms. The van der Waals surface area contributed by atoms with Gasteiger partial charge in [-0.25, -0.2) is 0 Å². The van der Waals surface area contributed by atoms with Crippen molar-refractivity contribution in [3.63, 3.8) is 0 Å². The fraction of sp³-hybridized carbons (Fsp3) is 0.700. The number of carbonyl (C=O) groups is 3. The van der Waals surface area contributed by atoms with Crippen LogP contribution < -0.4 is 10.6 Å². The molecular formula is C10H17N3O8. The average molecular weight is 307 g/mol. The lowest BCUT2D eigenvalue weighted by Gasteiger charge is -2.06. The number of ether oxygens (including phenoxy) is 1. The van der Waals surface area contributed by atoms with Crippen LogP contribution in [0.4, 0.5) is 0 Å². The van der Waals surface area contributed by atoms with Crippen molar-refractivity contribution in [3.8, 4) is 0 Å². The molecule has 0 radical (unpaired) electrons. The van der Waals surface area contributed by atoms with E-state index in [9.17, 15) is 24.5 Å². The molecule has 0 atom stereocenters. The molecule has 0 rings (SSSR count). The maximum absolute atomic E-state index is 11.2. The lowest BCUT2D eigenvalue weighted by Crippen LogP contribution is -2.34. The van der Waals surface area contributed by atoms with E-state index in [1.807, 2.05) is 0 Å². The number of aliphatic carboxylic acids is 1. The number of carboxylic acid groups (broad SMARTS) is 1. The monoisotopic (exact) mass is 307 g/mol. The predicted molar refractivity (Wildman–Crippen MR) is 66.7 cm³/mol. The third kappa shape index (κ3) is 13.8. The molecule has 0 saturated carbocycles. The van der Waals surface area contributed by atoms with Crippen LogP contribution in [-0.2, 0) is 24.0 Å². The van der Waals surface area contributed by atoms with Crippen LogP contribution in [0.1, 0.15) is 12.8 Å². The van der Waals surface area contributed by atoms with E-state index in [2.05, 4.69) is 15.5 Å². The van der Waals surface area contributed by atoms with Crippen molar-refractivity contribution in [1.29, 1.82) is 0 Å². The quantitative estimate of drug-likeness (QED) is 0.219. The summed E-state index contributed by atoms with van der Waals surface area (Å²) in [5, 5.41) is 21.8. The van der Waals surface area contributed by atoms with Crippen LogP contribution in [0.3, 0.4) is 0 Å². The van der Waals surface area contributed by atoms with Crippen LogP contribution in [0.2, 0.25) is 0 Å². The van der Waals surface area contributed by atoms with Gasteiger partial charge in [0, 0.05) is 19.6 Å². The molecule has 0 saturated heterocycles. The highest BCUT2D eigenvalue weighted by atomic mass is 16.9. The molecule has 0 heterocycles. The Labute approximate surface area is 119 Å². The second-order valence-electron chi connectivity index (χ2n) is 3.73. The van der Waals surface area contributed by atoms with E-state index in [4.69, 9.17) is 9.84 Å². The van der Waals surface area contributed by atoms with Gasteiger partial charge in [0.25, 0.3) is 5.09 Å². The third-order valence-electron chi connectivity index (χ3n) is 1.97. The van der Waals surface area contributed by atoms with Gasteiger partial charge < -0.3 is 25.3 Å². The summed E-state index contributed by atoms with van der Waals surface area (Å²) in [6.07, 6.45) is 0.224. The molecule has 0 aromatic rings. The Bertz CT molecular complexity index is 373. The van der Waals surface area contributed by atoms with Gasteiger partial charge in [0.1, 0.15) is 13.2 Å². The average Bonchev–Trinajstić information content (AvgIpc) is 2.40. The minimum absolute atomic E-state index is 0.0459. The standard InChI is InChI=1S/C10H17N3O8/c14-8(12-6-10(16)17)2-3-11-9(15)7-20-4-1-5-21-13(18)19/h1-7H2,(H,11,15)(H,12,14)(H,16,17). The summed E-state index contributed by atoms with van der Waals surface area (Å²) < 4.78 is 4.92. The van der Waals surface area contributed by atoms with E-state index in [0.29, 0.717) is 0 Å². The number of hydrogen-bond acceptors (Lipinski definition) is 7. The number of hydrogen-bond donors (Lipinski definition) is 3. The Kier molecular flexibility index (Phi) is 10.1. The molecule has 0 spiro atoms. The molecule has 0 unspecified atom stereocenters. The molecule has 3 N–H and O–H groups in total. The number of carbonyl (C=O) groups excluding carboxylic acids is 2. The van der Waals surface area contributed by atoms with Crippen molar-refractivity contribution in [2.75, 3.05) is 32.9 Å². The first-order valence-corrected chi connectivity index (χ1v) is 6.02. The van der Waals surface area contributed by atoms with Gasteiger partial charge in [0.15, 0.2) is 0 Å². The largest absolute Gasteiger partial charge is 0.480 e. The van der Waals surface area contributed by atoms with Gasteiger partial charge in [-0.3, -0.25) is 14.4 Å². The second kappa shape index (κ2) is 11.4. The molecule has 21 heavy (non-hydrogen) atoms. The summed E-state index contributed by atoms with van der Waals surface area (Å²) >= 11 is 0. The van der Waals surface area contributed by atoms with E-state index in [0.717, 1.165) is 0 Å². The number of carboxylic acids is 1. The summed E-state index contributed by atoms with van der Waals surface area (Å²) in [5.74, 6) is -2.09. The minimum Gasteiger partial charge on any atom is -0.480 e. The van der Waals surface area contributed by atoms with E-state index < -0.39 is 29.4 Å². The molecule has 11 nitrogen and oxygen atoms in total. The Morgan fingerprint density at radius 3 is 2.48 bits per heavy atom. The van der Waals surface area contributed by atoms with Crippen LogP contribution in [0.25, 0.3) is 0 Å². The third-order valence-corrected chi connectivity index (χ3v) is 1.97. The van der Waals surface area contributed by atoms with Crippen molar-refractivity contribution >= 4 is 17.8 Å². The van der Waals surface area contributed by atoms with Crippen molar-refractivity contribution in [2.24, 2.45) is 0 Å². The highest BCUT2D eigenvalue weighted by Crippen LogP contribution is 1.86. The first-order valence-electron chi connectivity index (χ1n) is 6.02.